The molecule has 3 aromatic heterocycles. The van der Waals surface area contributed by atoms with Crippen LogP contribution >= 0.6 is 34.2 Å². The predicted octanol–water partition coefficient (Wildman–Crippen LogP) is 3.44. The van der Waals surface area contributed by atoms with Crippen molar-refractivity contribution in [2.75, 3.05) is 36.5 Å². The summed E-state index contributed by atoms with van der Waals surface area (Å²) >= 11 is 4.46. The Hall–Kier alpha value is -2.25. The van der Waals surface area contributed by atoms with Crippen molar-refractivity contribution in [2.45, 2.75) is 113 Å². The molecule has 8 rings (SSSR count). The number of nitrogens with one attached hydrogen (secondary N) is 5. The van der Waals surface area contributed by atoms with Crippen molar-refractivity contribution in [3.05, 3.63) is 27.7 Å². The number of thiophene rings is 1. The van der Waals surface area contributed by atoms with Crippen LogP contribution in [0.5, 0.6) is 0 Å². The molecule has 1 spiro atoms. The van der Waals surface area contributed by atoms with Crippen LogP contribution in [0.4, 0.5) is 10.0 Å². The number of hydrazine groups is 1. The summed E-state index contributed by atoms with van der Waals surface area (Å²) in [7, 11) is 0. The Morgan fingerprint density at radius 2 is 1.78 bits per heavy atom. The molecule has 2 aliphatic carbocycles. The first-order chi connectivity index (χ1) is 24.4. The lowest BCUT2D eigenvalue weighted by molar-refractivity contribution is -0.132. The highest BCUT2D eigenvalue weighted by atomic mass is 32.1. The number of primary amides is 1. The molecule has 5 fully saturated rings. The number of ether oxygens (including phenoxy) is 1. The molecule has 272 valence electrons. The van der Waals surface area contributed by atoms with Gasteiger partial charge in [0.15, 0.2) is 5.43 Å². The van der Waals surface area contributed by atoms with Crippen LogP contribution in [0.3, 0.4) is 0 Å². The van der Waals surface area contributed by atoms with Gasteiger partial charge in [-0.1, -0.05) is 51.4 Å². The summed E-state index contributed by atoms with van der Waals surface area (Å²) in [6, 6.07) is 4.02. The average molecular weight is 743 g/mol. The van der Waals surface area contributed by atoms with Gasteiger partial charge in [-0.25, -0.2) is 15.8 Å². The number of rotatable bonds is 7. The minimum atomic E-state index is -0.582. The molecule has 3 aromatic rings. The molecule has 16 heteroatoms. The van der Waals surface area contributed by atoms with E-state index in [9.17, 15) is 9.59 Å². The van der Waals surface area contributed by atoms with Crippen LogP contribution in [0.1, 0.15) is 77.0 Å². The molecule has 6 heterocycles. The number of carbonyl (C=O) groups is 1. The maximum atomic E-state index is 13.4. The number of hydrogen-bond donors (Lipinski definition) is 7. The highest BCUT2D eigenvalue weighted by Crippen LogP contribution is 2.42. The monoisotopic (exact) mass is 742 g/mol. The van der Waals surface area contributed by atoms with Crippen molar-refractivity contribution >= 4 is 59.5 Å². The molecule has 50 heavy (non-hydrogen) atoms. The summed E-state index contributed by atoms with van der Waals surface area (Å²) in [5.41, 5.74) is 21.7. The Bertz CT molecular complexity index is 1700. The third kappa shape index (κ3) is 6.84. The van der Waals surface area contributed by atoms with Crippen LogP contribution in [-0.4, -0.2) is 77.9 Å². The average Bonchev–Trinajstić information content (AvgIpc) is 3.86. The molecule has 3 aliphatic heterocycles. The zero-order valence-electron chi connectivity index (χ0n) is 28.5. The summed E-state index contributed by atoms with van der Waals surface area (Å²) in [6.45, 7) is 2.86. The second-order valence-electron chi connectivity index (χ2n) is 14.5. The fourth-order valence-electron chi connectivity index (χ4n) is 8.68. The van der Waals surface area contributed by atoms with Crippen molar-refractivity contribution in [1.29, 1.82) is 0 Å². The minimum absolute atomic E-state index is 0.0388. The number of nitrogens with two attached hydrogens (primary N) is 2. The summed E-state index contributed by atoms with van der Waals surface area (Å²) < 4.78 is 12.1. The molecule has 3 saturated heterocycles. The van der Waals surface area contributed by atoms with Crippen LogP contribution in [0.25, 0.3) is 20.7 Å². The smallest absolute Gasteiger partial charge is 0.227 e. The predicted molar refractivity (Wildman–Crippen MR) is 202 cm³/mol. The van der Waals surface area contributed by atoms with Gasteiger partial charge in [-0.3, -0.25) is 20.2 Å². The van der Waals surface area contributed by atoms with Gasteiger partial charge in [0.25, 0.3) is 0 Å². The Kier molecular flexibility index (Phi) is 10.4. The third-order valence-electron chi connectivity index (χ3n) is 11.3. The van der Waals surface area contributed by atoms with E-state index in [1.165, 1.54) is 48.6 Å². The van der Waals surface area contributed by atoms with Gasteiger partial charge in [-0.05, 0) is 37.2 Å². The fourth-order valence-corrected chi connectivity index (χ4v) is 11.7. The lowest BCUT2D eigenvalue weighted by atomic mass is 9.89. The standard InChI is InChI=1S/C34H50N10O3S3/c35-21-9-5-6-10-22(21)37-33-39-31(27(30(36)46)32-40-42-34(44(32)33)11-7-3-1-2-4-8-12-34)38-25-17-23(41-50-25)20-19-48-29-24(45)18-26(49-28(20)29)43-13-15-47-16-14-43/h17-19,21-22,27,31-33,37-40,42H,1-16,35H2,(H2,36,46)/t21-,22+,27?,31?,32?,33?/m1/s1. The molecule has 1 amide bonds. The highest BCUT2D eigenvalue weighted by Gasteiger charge is 2.57. The Balaban J connectivity index is 1.08. The van der Waals surface area contributed by atoms with E-state index in [4.69, 9.17) is 20.6 Å². The molecule has 5 aliphatic rings. The summed E-state index contributed by atoms with van der Waals surface area (Å²) in [6.07, 6.45) is 12.5. The van der Waals surface area contributed by atoms with Gasteiger partial charge in [0.05, 0.1) is 51.3 Å². The number of nitrogens with zero attached hydrogens (tertiary/aromatic N) is 3. The number of anilines is 2. The minimum Gasteiger partial charge on any atom is -0.378 e. The lowest BCUT2D eigenvalue weighted by Gasteiger charge is -2.52. The van der Waals surface area contributed by atoms with E-state index in [0.717, 1.165) is 95.1 Å². The van der Waals surface area contributed by atoms with Gasteiger partial charge in [-0.15, -0.1) is 22.7 Å². The quantitative estimate of drug-likeness (QED) is 0.188. The summed E-state index contributed by atoms with van der Waals surface area (Å²) in [5, 5.41) is 15.2. The first-order valence-electron chi connectivity index (χ1n) is 18.4. The maximum Gasteiger partial charge on any atom is 0.227 e. The zero-order chi connectivity index (χ0) is 34.2. The van der Waals surface area contributed by atoms with Crippen LogP contribution in [0, 0.1) is 5.92 Å². The summed E-state index contributed by atoms with van der Waals surface area (Å²) in [4.78, 5) is 31.2. The number of hydrogen-bond acceptors (Lipinski definition) is 15. The van der Waals surface area contributed by atoms with Crippen molar-refractivity contribution < 1.29 is 9.53 Å². The number of morpholine rings is 1. The van der Waals surface area contributed by atoms with E-state index < -0.39 is 12.1 Å². The van der Waals surface area contributed by atoms with Gasteiger partial charge >= 0.3 is 0 Å². The molecular formula is C34H50N10O3S3. The van der Waals surface area contributed by atoms with E-state index >= 15 is 0 Å². The van der Waals surface area contributed by atoms with E-state index in [1.54, 1.807) is 17.4 Å². The number of amides is 1. The Morgan fingerprint density at radius 1 is 1.02 bits per heavy atom. The molecule has 0 radical (unpaired) electrons. The molecule has 0 aromatic carbocycles. The molecule has 2 saturated carbocycles. The maximum absolute atomic E-state index is 13.4. The Morgan fingerprint density at radius 3 is 2.54 bits per heavy atom. The molecule has 6 atom stereocenters. The van der Waals surface area contributed by atoms with E-state index in [0.29, 0.717) is 13.2 Å². The normalized spacial score (nSPS) is 30.9. The fraction of sp³-hybridized carbons (Fsp3) is 0.676. The number of aromatic nitrogens is 1. The van der Waals surface area contributed by atoms with Crippen LogP contribution in [0.15, 0.2) is 22.3 Å². The SMILES string of the molecule is NC(=O)C1C(Nc2cc(-c3csc4c(=O)cc(N5CCOCC5)sc34)ns2)NC(N[C@H]2CCCC[C@H]2N)N2C1NNC21CCCCCCCC1. The van der Waals surface area contributed by atoms with Crippen molar-refractivity contribution in [3.63, 3.8) is 0 Å². The van der Waals surface area contributed by atoms with E-state index in [2.05, 4.69) is 36.6 Å². The van der Waals surface area contributed by atoms with E-state index in [1.807, 2.05) is 11.4 Å². The molecular weight excluding hydrogens is 693 g/mol. The number of carbonyl (C=O) groups excluding carboxylic acids is 1. The van der Waals surface area contributed by atoms with Gasteiger partial charge in [-0.2, -0.15) is 4.37 Å². The van der Waals surface area contributed by atoms with E-state index in [-0.39, 0.29) is 41.5 Å². The largest absolute Gasteiger partial charge is 0.378 e. The molecule has 0 bridgehead atoms. The molecule has 9 N–H and O–H groups in total. The Labute approximate surface area is 305 Å². The van der Waals surface area contributed by atoms with Gasteiger partial charge in [0, 0.05) is 48.2 Å². The highest BCUT2D eigenvalue weighted by molar-refractivity contribution is 7.28. The number of fused-ring (bicyclic) bond motifs is 3. The second kappa shape index (κ2) is 15.0. The van der Waals surface area contributed by atoms with Crippen LogP contribution in [-0.2, 0) is 9.53 Å². The molecule has 4 unspecified atom stereocenters. The summed E-state index contributed by atoms with van der Waals surface area (Å²) in [5.74, 6) is -0.956. The van der Waals surface area contributed by atoms with Crippen molar-refractivity contribution in [2.24, 2.45) is 17.4 Å². The second-order valence-corrected chi connectivity index (χ2v) is 17.3. The van der Waals surface area contributed by atoms with Gasteiger partial charge < -0.3 is 26.4 Å². The van der Waals surface area contributed by atoms with Crippen molar-refractivity contribution in [3.8, 4) is 11.3 Å². The zero-order valence-corrected chi connectivity index (χ0v) is 30.9. The molecule has 13 nitrogen and oxygen atoms in total. The van der Waals surface area contributed by atoms with Gasteiger partial charge in [0.2, 0.25) is 5.91 Å². The first kappa shape index (κ1) is 34.8. The van der Waals surface area contributed by atoms with Crippen LogP contribution in [0.2, 0.25) is 0 Å². The third-order valence-corrected chi connectivity index (χ3v) is 14.4. The van der Waals surface area contributed by atoms with Crippen molar-refractivity contribution in [1.82, 2.24) is 30.8 Å². The first-order valence-corrected chi connectivity index (χ1v) is 20.9. The lowest BCUT2D eigenvalue weighted by Crippen LogP contribution is -2.77. The van der Waals surface area contributed by atoms with Crippen LogP contribution < -0.4 is 48.6 Å². The topological polar surface area (TPSA) is 175 Å². The van der Waals surface area contributed by atoms with Gasteiger partial charge in [0.1, 0.15) is 17.2 Å².